The number of hydrogen-bond acceptors (Lipinski definition) is 4. The molecule has 6 nitrogen and oxygen atoms in total. The third kappa shape index (κ3) is 4.23. The van der Waals surface area contributed by atoms with Crippen LogP contribution in [0.1, 0.15) is 27.6 Å². The standard InChI is InChI=1S/C25H21N3O3/c1-17(29)28-16-21(23-8-3-4-9-24(23)28)15-26-27-25(30)20-7-5-6-19(14-20)18-10-12-22(31-2)13-11-18/h3-16H,1-2H3,(H,27,30)/b26-15+. The number of hydrazone groups is 1. The Morgan fingerprint density at radius 3 is 2.48 bits per heavy atom. The molecule has 0 aliphatic heterocycles. The highest BCUT2D eigenvalue weighted by Gasteiger charge is 2.10. The molecule has 4 rings (SSSR count). The minimum atomic E-state index is -0.318. The Morgan fingerprint density at radius 2 is 1.74 bits per heavy atom. The topological polar surface area (TPSA) is 72.7 Å². The van der Waals surface area contributed by atoms with Crippen LogP contribution in [0.15, 0.2) is 84.1 Å². The van der Waals surface area contributed by atoms with E-state index in [1.54, 1.807) is 30.2 Å². The van der Waals surface area contributed by atoms with Crippen LogP contribution in [0.25, 0.3) is 22.0 Å². The van der Waals surface area contributed by atoms with Crippen LogP contribution in [0.5, 0.6) is 5.75 Å². The molecule has 0 atom stereocenters. The molecule has 0 aliphatic rings. The summed E-state index contributed by atoms with van der Waals surface area (Å²) in [6.07, 6.45) is 3.26. The Balaban J connectivity index is 1.52. The number of methoxy groups -OCH3 is 1. The van der Waals surface area contributed by atoms with Crippen LogP contribution in [0.2, 0.25) is 0 Å². The number of rotatable bonds is 5. The third-order valence-corrected chi connectivity index (χ3v) is 5.00. The van der Waals surface area contributed by atoms with E-state index in [4.69, 9.17) is 4.74 Å². The lowest BCUT2D eigenvalue weighted by Crippen LogP contribution is -2.17. The molecule has 0 saturated heterocycles. The van der Waals surface area contributed by atoms with Crippen molar-refractivity contribution < 1.29 is 14.3 Å². The SMILES string of the molecule is COc1ccc(-c2cccc(C(=O)N/N=C/c3cn(C(C)=O)c4ccccc34)c2)cc1. The van der Waals surface area contributed by atoms with E-state index in [1.807, 2.05) is 66.7 Å². The van der Waals surface area contributed by atoms with Crippen molar-refractivity contribution in [3.63, 3.8) is 0 Å². The van der Waals surface area contributed by atoms with Crippen LogP contribution < -0.4 is 10.2 Å². The fourth-order valence-electron chi connectivity index (χ4n) is 3.42. The van der Waals surface area contributed by atoms with Gasteiger partial charge in [-0.3, -0.25) is 14.2 Å². The van der Waals surface area contributed by atoms with Crippen molar-refractivity contribution in [2.24, 2.45) is 5.10 Å². The number of amides is 1. The zero-order chi connectivity index (χ0) is 21.8. The third-order valence-electron chi connectivity index (χ3n) is 5.00. The second-order valence-corrected chi connectivity index (χ2v) is 7.00. The van der Waals surface area contributed by atoms with E-state index in [2.05, 4.69) is 10.5 Å². The molecule has 0 aliphatic carbocycles. The highest BCUT2D eigenvalue weighted by molar-refractivity contribution is 6.04. The summed E-state index contributed by atoms with van der Waals surface area (Å²) in [5.74, 6) is 0.371. The number of benzene rings is 3. The second kappa shape index (κ2) is 8.67. The summed E-state index contributed by atoms with van der Waals surface area (Å²) in [6.45, 7) is 1.50. The lowest BCUT2D eigenvalue weighted by Gasteiger charge is -2.06. The Morgan fingerprint density at radius 1 is 0.968 bits per heavy atom. The molecular formula is C25H21N3O3. The first-order valence-electron chi connectivity index (χ1n) is 9.76. The van der Waals surface area contributed by atoms with Gasteiger partial charge in [-0.1, -0.05) is 42.5 Å². The fraction of sp³-hybridized carbons (Fsp3) is 0.0800. The highest BCUT2D eigenvalue weighted by atomic mass is 16.5. The first-order chi connectivity index (χ1) is 15.1. The maximum absolute atomic E-state index is 12.6. The van der Waals surface area contributed by atoms with Crippen molar-refractivity contribution in [3.05, 3.63) is 90.1 Å². The van der Waals surface area contributed by atoms with Gasteiger partial charge in [-0.2, -0.15) is 5.10 Å². The Labute approximate surface area is 179 Å². The summed E-state index contributed by atoms with van der Waals surface area (Å²) in [7, 11) is 1.62. The van der Waals surface area contributed by atoms with Crippen LogP contribution in [0, 0.1) is 0 Å². The van der Waals surface area contributed by atoms with E-state index >= 15 is 0 Å². The number of hydrogen-bond donors (Lipinski definition) is 1. The average Bonchev–Trinajstić information content (AvgIpc) is 3.18. The maximum atomic E-state index is 12.6. The fourth-order valence-corrected chi connectivity index (χ4v) is 3.42. The van der Waals surface area contributed by atoms with E-state index in [0.29, 0.717) is 5.56 Å². The summed E-state index contributed by atoms with van der Waals surface area (Å²) in [5.41, 5.74) is 6.51. The Hall–Kier alpha value is -4.19. The lowest BCUT2D eigenvalue weighted by atomic mass is 10.0. The van der Waals surface area contributed by atoms with Crippen LogP contribution in [0.3, 0.4) is 0 Å². The largest absolute Gasteiger partial charge is 0.497 e. The van der Waals surface area contributed by atoms with Crippen LogP contribution in [-0.4, -0.2) is 29.7 Å². The van der Waals surface area contributed by atoms with Crippen molar-refractivity contribution in [2.75, 3.05) is 7.11 Å². The summed E-state index contributed by atoms with van der Waals surface area (Å²) in [4.78, 5) is 24.5. The molecule has 4 aromatic rings. The number of nitrogens with zero attached hydrogens (tertiary/aromatic N) is 2. The Kier molecular flexibility index (Phi) is 5.62. The summed E-state index contributed by atoms with van der Waals surface area (Å²) in [6, 6.07) is 22.5. The lowest BCUT2D eigenvalue weighted by molar-refractivity contribution is 0.0937. The monoisotopic (exact) mass is 411 g/mol. The van der Waals surface area contributed by atoms with Gasteiger partial charge in [0, 0.05) is 29.6 Å². The normalized spacial score (nSPS) is 11.0. The minimum Gasteiger partial charge on any atom is -0.497 e. The van der Waals surface area contributed by atoms with Crippen molar-refractivity contribution >= 4 is 28.9 Å². The highest BCUT2D eigenvalue weighted by Crippen LogP contribution is 2.23. The first kappa shape index (κ1) is 20.1. The zero-order valence-corrected chi connectivity index (χ0v) is 17.2. The summed E-state index contributed by atoms with van der Waals surface area (Å²) < 4.78 is 6.76. The average molecular weight is 411 g/mol. The van der Waals surface area contributed by atoms with Crippen LogP contribution in [0.4, 0.5) is 0 Å². The van der Waals surface area contributed by atoms with E-state index in [-0.39, 0.29) is 11.8 Å². The van der Waals surface area contributed by atoms with Gasteiger partial charge in [0.15, 0.2) is 0 Å². The number of carbonyl (C=O) groups is 2. The number of nitrogens with one attached hydrogen (secondary N) is 1. The molecule has 0 fully saturated rings. The summed E-state index contributed by atoms with van der Waals surface area (Å²) >= 11 is 0. The van der Waals surface area contributed by atoms with E-state index < -0.39 is 0 Å². The van der Waals surface area contributed by atoms with E-state index in [1.165, 1.54) is 6.92 Å². The second-order valence-electron chi connectivity index (χ2n) is 7.00. The van der Waals surface area contributed by atoms with Crippen LogP contribution >= 0.6 is 0 Å². The minimum absolute atomic E-state index is 0.0877. The van der Waals surface area contributed by atoms with Crippen molar-refractivity contribution in [1.82, 2.24) is 9.99 Å². The Bertz CT molecular complexity index is 1290. The van der Waals surface area contributed by atoms with Gasteiger partial charge in [0.05, 0.1) is 18.8 Å². The molecular weight excluding hydrogens is 390 g/mol. The van der Waals surface area contributed by atoms with Gasteiger partial charge in [-0.25, -0.2) is 5.43 Å². The molecule has 1 aromatic heterocycles. The molecule has 1 heterocycles. The molecule has 1 amide bonds. The molecule has 0 unspecified atom stereocenters. The van der Waals surface area contributed by atoms with Crippen molar-refractivity contribution in [1.29, 1.82) is 0 Å². The molecule has 154 valence electrons. The van der Waals surface area contributed by atoms with Gasteiger partial charge in [0.1, 0.15) is 5.75 Å². The predicted octanol–water partition coefficient (Wildman–Crippen LogP) is 4.74. The molecule has 0 saturated carbocycles. The first-order valence-corrected chi connectivity index (χ1v) is 9.76. The molecule has 3 aromatic carbocycles. The number of carbonyl (C=O) groups excluding carboxylic acids is 2. The van der Waals surface area contributed by atoms with Gasteiger partial charge >= 0.3 is 0 Å². The maximum Gasteiger partial charge on any atom is 0.271 e. The molecule has 0 spiro atoms. The summed E-state index contributed by atoms with van der Waals surface area (Å²) in [5, 5.41) is 4.99. The molecule has 31 heavy (non-hydrogen) atoms. The molecule has 0 bridgehead atoms. The van der Waals surface area contributed by atoms with Crippen molar-refractivity contribution in [3.8, 4) is 16.9 Å². The van der Waals surface area contributed by atoms with E-state index in [9.17, 15) is 9.59 Å². The number of aromatic nitrogens is 1. The van der Waals surface area contributed by atoms with Crippen molar-refractivity contribution in [2.45, 2.75) is 6.92 Å². The number of ether oxygens (including phenoxy) is 1. The number of para-hydroxylation sites is 1. The van der Waals surface area contributed by atoms with Gasteiger partial charge in [0.25, 0.3) is 5.91 Å². The van der Waals surface area contributed by atoms with Crippen LogP contribution in [-0.2, 0) is 0 Å². The molecule has 6 heteroatoms. The quantitative estimate of drug-likeness (QED) is 0.381. The van der Waals surface area contributed by atoms with Gasteiger partial charge in [-0.15, -0.1) is 0 Å². The number of fused-ring (bicyclic) bond motifs is 1. The van der Waals surface area contributed by atoms with Gasteiger partial charge in [-0.05, 0) is 41.5 Å². The molecule has 0 radical (unpaired) electrons. The zero-order valence-electron chi connectivity index (χ0n) is 17.2. The smallest absolute Gasteiger partial charge is 0.271 e. The van der Waals surface area contributed by atoms with Gasteiger partial charge in [0.2, 0.25) is 5.91 Å². The van der Waals surface area contributed by atoms with Gasteiger partial charge < -0.3 is 4.74 Å². The predicted molar refractivity (Wildman–Crippen MR) is 122 cm³/mol. The molecule has 1 N–H and O–H groups in total. The van der Waals surface area contributed by atoms with E-state index in [0.717, 1.165) is 33.3 Å².